The number of hydrogen-bond acceptors (Lipinski definition) is 7. The van der Waals surface area contributed by atoms with Gasteiger partial charge in [0.05, 0.1) is 24.2 Å². The summed E-state index contributed by atoms with van der Waals surface area (Å²) >= 11 is 1.71. The summed E-state index contributed by atoms with van der Waals surface area (Å²) in [6.07, 6.45) is 0. The SMILES string of the molecule is COc1ccc2cc(CN(Cc3cccs3)C(c3nnnn3C(C)(C)C)C(C)C)c(=O)[nH]c2c1. The van der Waals surface area contributed by atoms with Crippen molar-refractivity contribution in [3.8, 4) is 5.75 Å². The lowest BCUT2D eigenvalue weighted by atomic mass is 9.99. The number of rotatable bonds is 8. The van der Waals surface area contributed by atoms with Crippen molar-refractivity contribution in [3.63, 3.8) is 0 Å². The van der Waals surface area contributed by atoms with E-state index in [4.69, 9.17) is 4.74 Å². The molecule has 4 aromatic rings. The molecule has 180 valence electrons. The molecule has 1 N–H and O–H groups in total. The minimum Gasteiger partial charge on any atom is -0.497 e. The van der Waals surface area contributed by atoms with Gasteiger partial charge in [0, 0.05) is 29.6 Å². The van der Waals surface area contributed by atoms with Crippen molar-refractivity contribution in [1.29, 1.82) is 0 Å². The second-order valence-electron chi connectivity index (χ2n) is 9.87. The van der Waals surface area contributed by atoms with Gasteiger partial charge in [0.15, 0.2) is 5.82 Å². The molecule has 0 fully saturated rings. The fourth-order valence-corrected chi connectivity index (χ4v) is 5.01. The summed E-state index contributed by atoms with van der Waals surface area (Å²) < 4.78 is 7.20. The first-order chi connectivity index (χ1) is 16.2. The molecule has 0 aliphatic carbocycles. The molecule has 0 radical (unpaired) electrons. The number of ether oxygens (including phenoxy) is 1. The number of H-pyrrole nitrogens is 1. The number of benzene rings is 1. The first kappa shape index (κ1) is 24.1. The molecular weight excluding hydrogens is 448 g/mol. The lowest BCUT2D eigenvalue weighted by Gasteiger charge is -2.34. The number of aromatic amines is 1. The summed E-state index contributed by atoms with van der Waals surface area (Å²) in [6.45, 7) is 11.8. The van der Waals surface area contributed by atoms with Crippen LogP contribution in [-0.4, -0.2) is 37.2 Å². The number of nitrogens with one attached hydrogen (secondary N) is 1. The molecule has 4 rings (SSSR count). The number of fused-ring (bicyclic) bond motifs is 1. The second-order valence-corrected chi connectivity index (χ2v) is 10.9. The predicted octanol–water partition coefficient (Wildman–Crippen LogP) is 4.74. The van der Waals surface area contributed by atoms with Crippen LogP contribution in [0.2, 0.25) is 0 Å². The highest BCUT2D eigenvalue weighted by Gasteiger charge is 2.33. The van der Waals surface area contributed by atoms with E-state index in [2.05, 4.69) is 77.5 Å². The average molecular weight is 481 g/mol. The van der Waals surface area contributed by atoms with Gasteiger partial charge in [-0.1, -0.05) is 19.9 Å². The molecule has 3 heterocycles. The van der Waals surface area contributed by atoms with Gasteiger partial charge in [-0.15, -0.1) is 16.4 Å². The molecular formula is C25H32N6O2S. The molecule has 1 unspecified atom stereocenters. The van der Waals surface area contributed by atoms with Gasteiger partial charge in [0.25, 0.3) is 5.56 Å². The van der Waals surface area contributed by atoms with Crippen LogP contribution in [-0.2, 0) is 18.6 Å². The summed E-state index contributed by atoms with van der Waals surface area (Å²) in [5.41, 5.74) is 1.10. The van der Waals surface area contributed by atoms with Crippen molar-refractivity contribution < 1.29 is 4.74 Å². The lowest BCUT2D eigenvalue weighted by molar-refractivity contribution is 0.121. The summed E-state index contributed by atoms with van der Waals surface area (Å²) in [6, 6.07) is 11.8. The van der Waals surface area contributed by atoms with E-state index in [1.165, 1.54) is 4.88 Å². The van der Waals surface area contributed by atoms with Crippen molar-refractivity contribution in [2.24, 2.45) is 5.92 Å². The molecule has 1 atom stereocenters. The molecule has 0 saturated heterocycles. The molecule has 0 aliphatic rings. The topological polar surface area (TPSA) is 88.9 Å². The standard InChI is InChI=1S/C25H32N6O2S/c1-16(2)22(23-27-28-29-31(23)25(3,4)5)30(15-20-8-7-11-34-20)14-18-12-17-9-10-19(33-6)13-21(17)26-24(18)32/h7-13,16,22H,14-15H2,1-6H3,(H,26,32). The number of pyridine rings is 1. The van der Waals surface area contributed by atoms with E-state index in [0.29, 0.717) is 24.4 Å². The first-order valence-electron chi connectivity index (χ1n) is 11.4. The highest BCUT2D eigenvalue weighted by Crippen LogP contribution is 2.33. The summed E-state index contributed by atoms with van der Waals surface area (Å²) in [5.74, 6) is 1.74. The zero-order valence-electron chi connectivity index (χ0n) is 20.6. The highest BCUT2D eigenvalue weighted by molar-refractivity contribution is 7.09. The number of methoxy groups -OCH3 is 1. The molecule has 9 heteroatoms. The minimum absolute atomic E-state index is 0.0812. The quantitative estimate of drug-likeness (QED) is 0.392. The van der Waals surface area contributed by atoms with Gasteiger partial charge < -0.3 is 9.72 Å². The van der Waals surface area contributed by atoms with Gasteiger partial charge >= 0.3 is 0 Å². The van der Waals surface area contributed by atoms with Crippen LogP contribution in [0.25, 0.3) is 10.9 Å². The van der Waals surface area contributed by atoms with E-state index in [1.54, 1.807) is 18.4 Å². The Morgan fingerprint density at radius 2 is 1.97 bits per heavy atom. The maximum atomic E-state index is 13.1. The third-order valence-corrected chi connectivity index (χ3v) is 6.72. The fourth-order valence-electron chi connectivity index (χ4n) is 4.28. The first-order valence-corrected chi connectivity index (χ1v) is 12.3. The van der Waals surface area contributed by atoms with Crippen LogP contribution in [0.1, 0.15) is 56.9 Å². The van der Waals surface area contributed by atoms with E-state index in [-0.39, 0.29) is 23.1 Å². The monoisotopic (exact) mass is 480 g/mol. The van der Waals surface area contributed by atoms with Crippen LogP contribution >= 0.6 is 11.3 Å². The zero-order valence-corrected chi connectivity index (χ0v) is 21.4. The largest absolute Gasteiger partial charge is 0.497 e. The number of tetrazole rings is 1. The minimum atomic E-state index is -0.264. The van der Waals surface area contributed by atoms with E-state index < -0.39 is 0 Å². The Kier molecular flexibility index (Phi) is 6.86. The molecule has 8 nitrogen and oxygen atoms in total. The van der Waals surface area contributed by atoms with Gasteiger partial charge in [-0.3, -0.25) is 9.69 Å². The molecule has 0 aliphatic heterocycles. The number of aromatic nitrogens is 5. The fraction of sp³-hybridized carbons (Fsp3) is 0.440. The van der Waals surface area contributed by atoms with Gasteiger partial charge in [-0.25, -0.2) is 4.68 Å². The van der Waals surface area contributed by atoms with E-state index >= 15 is 0 Å². The van der Waals surface area contributed by atoms with Crippen LogP contribution in [0.15, 0.2) is 46.6 Å². The van der Waals surface area contributed by atoms with Gasteiger partial charge in [0.2, 0.25) is 0 Å². The number of nitrogens with zero attached hydrogens (tertiary/aromatic N) is 5. The van der Waals surface area contributed by atoms with Gasteiger partial charge in [0.1, 0.15) is 5.75 Å². The molecule has 0 amide bonds. The Morgan fingerprint density at radius 1 is 1.18 bits per heavy atom. The molecule has 3 aromatic heterocycles. The van der Waals surface area contributed by atoms with E-state index in [1.807, 2.05) is 28.9 Å². The summed E-state index contributed by atoms with van der Waals surface area (Å²) in [5, 5.41) is 15.8. The number of thiophene rings is 1. The van der Waals surface area contributed by atoms with Crippen LogP contribution in [0.5, 0.6) is 5.75 Å². The van der Waals surface area contributed by atoms with Crippen molar-refractivity contribution in [2.75, 3.05) is 7.11 Å². The van der Waals surface area contributed by atoms with Gasteiger partial charge in [-0.2, -0.15) is 0 Å². The molecule has 0 spiro atoms. The molecule has 34 heavy (non-hydrogen) atoms. The maximum absolute atomic E-state index is 13.1. The Labute approximate surface area is 203 Å². The van der Waals surface area contributed by atoms with E-state index in [9.17, 15) is 4.79 Å². The van der Waals surface area contributed by atoms with Crippen molar-refractivity contribution in [1.82, 2.24) is 30.1 Å². The average Bonchev–Trinajstić information content (AvgIpc) is 3.46. The second kappa shape index (κ2) is 9.68. The third-order valence-electron chi connectivity index (χ3n) is 5.86. The molecule has 1 aromatic carbocycles. The normalized spacial score (nSPS) is 13.2. The van der Waals surface area contributed by atoms with Crippen LogP contribution in [0.3, 0.4) is 0 Å². The molecule has 0 bridgehead atoms. The van der Waals surface area contributed by atoms with Crippen LogP contribution in [0.4, 0.5) is 0 Å². The van der Waals surface area contributed by atoms with Crippen LogP contribution in [0, 0.1) is 5.92 Å². The Bertz CT molecular complexity index is 1300. The van der Waals surface area contributed by atoms with Crippen LogP contribution < -0.4 is 10.3 Å². The summed E-state index contributed by atoms with van der Waals surface area (Å²) in [7, 11) is 1.62. The summed E-state index contributed by atoms with van der Waals surface area (Å²) in [4.78, 5) is 19.7. The smallest absolute Gasteiger partial charge is 0.252 e. The predicted molar refractivity (Wildman–Crippen MR) is 135 cm³/mol. The third kappa shape index (κ3) is 5.05. The Balaban J connectivity index is 1.78. The van der Waals surface area contributed by atoms with Crippen molar-refractivity contribution >= 4 is 22.2 Å². The zero-order chi connectivity index (χ0) is 24.5. The van der Waals surface area contributed by atoms with E-state index in [0.717, 1.165) is 16.7 Å². The Hall–Kier alpha value is -3.04. The Morgan fingerprint density at radius 3 is 2.62 bits per heavy atom. The van der Waals surface area contributed by atoms with Crippen molar-refractivity contribution in [3.05, 3.63) is 68.4 Å². The number of hydrogen-bond donors (Lipinski definition) is 1. The lowest BCUT2D eigenvalue weighted by Crippen LogP contribution is -2.37. The van der Waals surface area contributed by atoms with Gasteiger partial charge in [-0.05, 0) is 72.1 Å². The molecule has 0 saturated carbocycles. The maximum Gasteiger partial charge on any atom is 0.252 e. The highest BCUT2D eigenvalue weighted by atomic mass is 32.1. The van der Waals surface area contributed by atoms with Crippen molar-refractivity contribution in [2.45, 2.75) is 59.3 Å².